The first-order valence-corrected chi connectivity index (χ1v) is 12.0. The number of ether oxygens (including phenoxy) is 1. The van der Waals surface area contributed by atoms with Crippen LogP contribution in [0, 0.1) is 11.8 Å². The van der Waals surface area contributed by atoms with Gasteiger partial charge in [-0.2, -0.15) is 4.31 Å². The third-order valence-corrected chi connectivity index (χ3v) is 7.52. The fourth-order valence-electron chi connectivity index (χ4n) is 4.27. The molecule has 1 saturated heterocycles. The first-order chi connectivity index (χ1) is 15.2. The van der Waals surface area contributed by atoms with Gasteiger partial charge in [0.25, 0.3) is 5.91 Å². The van der Waals surface area contributed by atoms with Crippen LogP contribution in [0.2, 0.25) is 0 Å². The average Bonchev–Trinajstić information content (AvgIpc) is 3.27. The van der Waals surface area contributed by atoms with Crippen molar-refractivity contribution in [3.05, 3.63) is 42.4 Å². The van der Waals surface area contributed by atoms with Gasteiger partial charge in [-0.15, -0.1) is 0 Å². The minimum Gasteiger partial charge on any atom is -0.482 e. The molecule has 0 spiro atoms. The summed E-state index contributed by atoms with van der Waals surface area (Å²) in [6, 6.07) is 7.90. The van der Waals surface area contributed by atoms with Crippen LogP contribution in [-0.2, 0) is 26.2 Å². The summed E-state index contributed by atoms with van der Waals surface area (Å²) in [5, 5.41) is 2.70. The number of carbonyl (C=O) groups is 2. The van der Waals surface area contributed by atoms with Gasteiger partial charge in [-0.1, -0.05) is 13.8 Å². The minimum atomic E-state index is -3.74. The van der Waals surface area contributed by atoms with Gasteiger partial charge in [0.1, 0.15) is 18.1 Å². The van der Waals surface area contributed by atoms with Gasteiger partial charge in [-0.3, -0.25) is 14.5 Å². The second-order valence-corrected chi connectivity index (χ2v) is 10.5. The lowest BCUT2D eigenvalue weighted by molar-refractivity contribution is -0.125. The van der Waals surface area contributed by atoms with Gasteiger partial charge in [0.05, 0.1) is 23.4 Å². The fraction of sp³-hybridized carbons (Fsp3) is 0.455. The Balaban J connectivity index is 1.56. The smallest absolute Gasteiger partial charge is 0.265 e. The largest absolute Gasteiger partial charge is 0.482 e. The molecular weight excluding hydrogens is 434 g/mol. The van der Waals surface area contributed by atoms with Crippen molar-refractivity contribution in [1.29, 1.82) is 0 Å². The Labute approximate surface area is 187 Å². The molecule has 1 N–H and O–H groups in total. The molecule has 0 unspecified atom stereocenters. The molecule has 2 aliphatic heterocycles. The van der Waals surface area contributed by atoms with Crippen LogP contribution in [0.3, 0.4) is 0 Å². The summed E-state index contributed by atoms with van der Waals surface area (Å²) in [6.45, 7) is 4.72. The van der Waals surface area contributed by atoms with Crippen molar-refractivity contribution in [2.24, 2.45) is 11.8 Å². The van der Waals surface area contributed by atoms with E-state index < -0.39 is 21.8 Å². The van der Waals surface area contributed by atoms with Gasteiger partial charge in [0.2, 0.25) is 15.9 Å². The Morgan fingerprint density at radius 3 is 2.62 bits per heavy atom. The van der Waals surface area contributed by atoms with E-state index in [1.807, 2.05) is 13.8 Å². The number of carbonyl (C=O) groups excluding carboxylic acids is 2. The van der Waals surface area contributed by atoms with Crippen LogP contribution in [0.4, 0.5) is 5.69 Å². The van der Waals surface area contributed by atoms with Crippen LogP contribution in [0.5, 0.6) is 5.75 Å². The number of nitrogens with zero attached hydrogens (tertiary/aromatic N) is 2. The zero-order chi connectivity index (χ0) is 22.9. The van der Waals surface area contributed by atoms with Crippen molar-refractivity contribution in [1.82, 2.24) is 9.62 Å². The molecule has 4 rings (SSSR count). The van der Waals surface area contributed by atoms with Crippen molar-refractivity contribution in [3.8, 4) is 5.75 Å². The molecule has 2 aromatic rings. The third kappa shape index (κ3) is 4.66. The Morgan fingerprint density at radius 1 is 1.19 bits per heavy atom. The number of rotatable bonds is 6. The summed E-state index contributed by atoms with van der Waals surface area (Å²) in [5.41, 5.74) is 0.272. The molecule has 0 bridgehead atoms. The van der Waals surface area contributed by atoms with Crippen molar-refractivity contribution in [3.63, 3.8) is 0 Å². The molecule has 3 heterocycles. The lowest BCUT2D eigenvalue weighted by atomic mass is 9.94. The Kier molecular flexibility index (Phi) is 6.25. The number of hydrogen-bond donors (Lipinski definition) is 1. The van der Waals surface area contributed by atoms with E-state index in [0.29, 0.717) is 24.6 Å². The van der Waals surface area contributed by atoms with E-state index in [2.05, 4.69) is 5.32 Å². The number of sulfonamides is 1. The predicted octanol–water partition coefficient (Wildman–Crippen LogP) is 1.99. The van der Waals surface area contributed by atoms with Crippen molar-refractivity contribution in [2.75, 3.05) is 31.1 Å². The maximum atomic E-state index is 13.3. The molecule has 32 heavy (non-hydrogen) atoms. The molecule has 0 aliphatic carbocycles. The van der Waals surface area contributed by atoms with E-state index in [0.717, 1.165) is 6.42 Å². The molecule has 2 amide bonds. The maximum absolute atomic E-state index is 13.3. The summed E-state index contributed by atoms with van der Waals surface area (Å²) in [6.07, 6.45) is 2.49. The minimum absolute atomic E-state index is 0.0804. The summed E-state index contributed by atoms with van der Waals surface area (Å²) in [5.74, 6) is 0.680. The van der Waals surface area contributed by atoms with Gasteiger partial charge in [0, 0.05) is 13.1 Å². The number of amides is 2. The zero-order valence-electron chi connectivity index (χ0n) is 18.1. The highest BCUT2D eigenvalue weighted by atomic mass is 32.2. The highest BCUT2D eigenvalue weighted by Crippen LogP contribution is 2.36. The van der Waals surface area contributed by atoms with Crippen molar-refractivity contribution >= 4 is 27.5 Å². The van der Waals surface area contributed by atoms with E-state index in [9.17, 15) is 18.0 Å². The van der Waals surface area contributed by atoms with Crippen molar-refractivity contribution in [2.45, 2.75) is 31.7 Å². The van der Waals surface area contributed by atoms with E-state index in [-0.39, 0.29) is 42.1 Å². The number of hydrogen-bond acceptors (Lipinski definition) is 6. The molecule has 1 aromatic carbocycles. The Hall–Kier alpha value is -2.85. The molecule has 1 fully saturated rings. The van der Waals surface area contributed by atoms with Gasteiger partial charge >= 0.3 is 0 Å². The summed E-state index contributed by atoms with van der Waals surface area (Å²) in [7, 11) is -3.74. The number of piperidine rings is 1. The molecular formula is C22H27N3O6S. The van der Waals surface area contributed by atoms with E-state index in [1.54, 1.807) is 18.2 Å². The van der Waals surface area contributed by atoms with Gasteiger partial charge in [-0.25, -0.2) is 8.42 Å². The summed E-state index contributed by atoms with van der Waals surface area (Å²) >= 11 is 0. The average molecular weight is 462 g/mol. The predicted molar refractivity (Wildman–Crippen MR) is 117 cm³/mol. The molecule has 1 aromatic heterocycles. The van der Waals surface area contributed by atoms with Crippen LogP contribution < -0.4 is 15.0 Å². The maximum Gasteiger partial charge on any atom is 0.265 e. The van der Waals surface area contributed by atoms with Crippen molar-refractivity contribution < 1.29 is 27.2 Å². The van der Waals surface area contributed by atoms with Crippen LogP contribution in [0.15, 0.2) is 45.9 Å². The second kappa shape index (κ2) is 8.95. The zero-order valence-corrected chi connectivity index (χ0v) is 18.9. The standard InChI is InChI=1S/C22H27N3O6S/c1-15-8-16(2)12-24(11-15)32(28,29)18-5-6-20-19(9-18)25(22(27)14-31-20)13-21(26)23-10-17-4-3-7-30-17/h3-7,9,15-16H,8,10-14H2,1-2H3,(H,23,26)/t15-,16-/m1/s1. The molecule has 9 nitrogen and oxygen atoms in total. The highest BCUT2D eigenvalue weighted by molar-refractivity contribution is 7.89. The Morgan fingerprint density at radius 2 is 1.94 bits per heavy atom. The van der Waals surface area contributed by atoms with E-state index in [4.69, 9.17) is 9.15 Å². The quantitative estimate of drug-likeness (QED) is 0.705. The molecule has 0 saturated carbocycles. The first-order valence-electron chi connectivity index (χ1n) is 10.6. The van der Waals surface area contributed by atoms with Gasteiger partial charge in [-0.05, 0) is 48.6 Å². The van der Waals surface area contributed by atoms with E-state index in [1.165, 1.54) is 27.6 Å². The van der Waals surface area contributed by atoms with Crippen LogP contribution in [0.1, 0.15) is 26.0 Å². The molecule has 10 heteroatoms. The molecule has 2 atom stereocenters. The number of anilines is 1. The number of nitrogens with one attached hydrogen (secondary N) is 1. The molecule has 172 valence electrons. The number of benzene rings is 1. The summed E-state index contributed by atoms with van der Waals surface area (Å²) < 4.78 is 38.8. The highest BCUT2D eigenvalue weighted by Gasteiger charge is 2.34. The normalized spacial score (nSPS) is 21.7. The lowest BCUT2D eigenvalue weighted by Gasteiger charge is -2.34. The van der Waals surface area contributed by atoms with Gasteiger partial charge < -0.3 is 14.5 Å². The first kappa shape index (κ1) is 22.3. The monoisotopic (exact) mass is 461 g/mol. The second-order valence-electron chi connectivity index (χ2n) is 8.52. The number of furan rings is 1. The summed E-state index contributed by atoms with van der Waals surface area (Å²) in [4.78, 5) is 26.3. The van der Waals surface area contributed by atoms with E-state index >= 15 is 0 Å². The van der Waals surface area contributed by atoms with Crippen LogP contribution in [0.25, 0.3) is 0 Å². The lowest BCUT2D eigenvalue weighted by Crippen LogP contribution is -2.45. The Bertz CT molecular complexity index is 1090. The molecule has 2 aliphatic rings. The fourth-order valence-corrected chi connectivity index (χ4v) is 5.97. The number of fused-ring (bicyclic) bond motifs is 1. The van der Waals surface area contributed by atoms with Crippen LogP contribution in [-0.4, -0.2) is 50.8 Å². The van der Waals surface area contributed by atoms with Gasteiger partial charge in [0.15, 0.2) is 6.61 Å². The SMILES string of the molecule is C[C@@H]1C[C@@H](C)CN(S(=O)(=O)c2ccc3c(c2)N(CC(=O)NCc2ccco2)C(=O)CO3)C1. The third-order valence-electron chi connectivity index (χ3n) is 5.69. The molecule has 0 radical (unpaired) electrons. The van der Waals surface area contributed by atoms with Crippen LogP contribution >= 0.6 is 0 Å². The topological polar surface area (TPSA) is 109 Å².